The zero-order valence-electron chi connectivity index (χ0n) is 13.6. The summed E-state index contributed by atoms with van der Waals surface area (Å²) in [5, 5.41) is 9.32. The van der Waals surface area contributed by atoms with Gasteiger partial charge >= 0.3 is 6.18 Å². The summed E-state index contributed by atoms with van der Waals surface area (Å²) in [6.07, 6.45) is -2.64. The molecule has 0 spiro atoms. The zero-order valence-corrected chi connectivity index (χ0v) is 13.6. The summed E-state index contributed by atoms with van der Waals surface area (Å²) in [6.45, 7) is 6.16. The first kappa shape index (κ1) is 17.8. The van der Waals surface area contributed by atoms with Crippen LogP contribution in [0, 0.1) is 11.3 Å². The topological polar surface area (TPSA) is 45.9 Å². The number of alkyl halides is 3. The van der Waals surface area contributed by atoms with Gasteiger partial charge in [0.15, 0.2) is 0 Å². The van der Waals surface area contributed by atoms with E-state index in [-0.39, 0.29) is 22.5 Å². The molecule has 0 bridgehead atoms. The highest BCUT2D eigenvalue weighted by molar-refractivity contribution is 5.48. The average Bonchev–Trinajstić information content (AvgIpc) is 2.54. The first-order chi connectivity index (χ1) is 11.2. The van der Waals surface area contributed by atoms with Gasteiger partial charge in [-0.1, -0.05) is 26.8 Å². The van der Waals surface area contributed by atoms with Crippen LogP contribution in [0.1, 0.15) is 44.0 Å². The molecule has 1 aromatic heterocycles. The molecule has 0 aliphatic rings. The summed E-state index contributed by atoms with van der Waals surface area (Å²) in [7, 11) is 0. The van der Waals surface area contributed by atoms with Crippen molar-refractivity contribution in [3.8, 4) is 17.6 Å². The molecule has 0 aliphatic carbocycles. The summed E-state index contributed by atoms with van der Waals surface area (Å²) >= 11 is 0. The smallest absolute Gasteiger partial charge is 0.433 e. The Hall–Kier alpha value is -2.55. The highest BCUT2D eigenvalue weighted by Crippen LogP contribution is 2.34. The van der Waals surface area contributed by atoms with Gasteiger partial charge in [-0.2, -0.15) is 18.4 Å². The maximum Gasteiger partial charge on any atom is 0.433 e. The number of nitrogens with zero attached hydrogens (tertiary/aromatic N) is 2. The van der Waals surface area contributed by atoms with Gasteiger partial charge in [-0.25, -0.2) is 0 Å². The summed E-state index contributed by atoms with van der Waals surface area (Å²) < 4.78 is 43.6. The number of pyridine rings is 1. The third-order valence-corrected chi connectivity index (χ3v) is 4.02. The third kappa shape index (κ3) is 3.85. The molecule has 0 unspecified atom stereocenters. The Labute approximate surface area is 138 Å². The second kappa shape index (κ2) is 6.52. The van der Waals surface area contributed by atoms with E-state index in [1.165, 1.54) is 6.07 Å². The van der Waals surface area contributed by atoms with Crippen molar-refractivity contribution in [1.29, 1.82) is 5.26 Å². The third-order valence-electron chi connectivity index (χ3n) is 4.02. The van der Waals surface area contributed by atoms with E-state index in [2.05, 4.69) is 18.8 Å². The molecule has 0 aliphatic heterocycles. The Morgan fingerprint density at radius 1 is 1.17 bits per heavy atom. The normalized spacial score (nSPS) is 11.9. The molecule has 1 heterocycles. The molecule has 2 aromatic rings. The Kier molecular flexibility index (Phi) is 4.83. The Morgan fingerprint density at radius 3 is 2.46 bits per heavy atom. The molecule has 0 N–H and O–H groups in total. The molecule has 0 saturated heterocycles. The van der Waals surface area contributed by atoms with Gasteiger partial charge in [0.05, 0.1) is 5.56 Å². The molecule has 0 atom stereocenters. The fraction of sp³-hybridized carbons (Fsp3) is 0.333. The van der Waals surface area contributed by atoms with Gasteiger partial charge in [-0.3, -0.25) is 4.98 Å². The van der Waals surface area contributed by atoms with Crippen LogP contribution in [0.3, 0.4) is 0 Å². The predicted molar refractivity (Wildman–Crippen MR) is 83.8 cm³/mol. The Morgan fingerprint density at radius 2 is 1.88 bits per heavy atom. The monoisotopic (exact) mass is 334 g/mol. The van der Waals surface area contributed by atoms with Crippen LogP contribution in [0.4, 0.5) is 13.2 Å². The standard InChI is InChI=1S/C18H17F3N2O/c1-4-17(2,3)13-5-6-15(12(9-13)11-22)24-14-7-8-23-16(10-14)18(19,20)21/h5-10H,4H2,1-3H3. The predicted octanol–water partition coefficient (Wildman–Crippen LogP) is 5.45. The van der Waals surface area contributed by atoms with Gasteiger partial charge in [0.25, 0.3) is 0 Å². The maximum atomic E-state index is 12.7. The van der Waals surface area contributed by atoms with E-state index in [4.69, 9.17) is 4.74 Å². The number of hydrogen-bond acceptors (Lipinski definition) is 3. The molecule has 6 heteroatoms. The fourth-order valence-corrected chi connectivity index (χ4v) is 2.09. The lowest BCUT2D eigenvalue weighted by atomic mass is 9.81. The van der Waals surface area contributed by atoms with Gasteiger partial charge in [0, 0.05) is 12.3 Å². The highest BCUT2D eigenvalue weighted by atomic mass is 19.4. The Bertz CT molecular complexity index is 777. The van der Waals surface area contributed by atoms with Crippen LogP contribution in [0.2, 0.25) is 0 Å². The minimum Gasteiger partial charge on any atom is -0.456 e. The van der Waals surface area contributed by atoms with Crippen molar-refractivity contribution in [3.63, 3.8) is 0 Å². The number of rotatable bonds is 4. The van der Waals surface area contributed by atoms with E-state index in [9.17, 15) is 18.4 Å². The first-order valence-electron chi connectivity index (χ1n) is 7.43. The second-order valence-electron chi connectivity index (χ2n) is 6.04. The second-order valence-corrected chi connectivity index (χ2v) is 6.04. The largest absolute Gasteiger partial charge is 0.456 e. The molecule has 0 fully saturated rings. The van der Waals surface area contributed by atoms with Crippen LogP contribution in [-0.4, -0.2) is 4.98 Å². The Balaban J connectivity index is 2.36. The fourth-order valence-electron chi connectivity index (χ4n) is 2.09. The molecular formula is C18H17F3N2O. The zero-order chi connectivity index (χ0) is 18.0. The van der Waals surface area contributed by atoms with Crippen LogP contribution in [0.25, 0.3) is 0 Å². The number of nitriles is 1. The molecule has 1 aromatic carbocycles. The minimum atomic E-state index is -4.55. The molecule has 0 saturated carbocycles. The van der Waals surface area contributed by atoms with Gasteiger partial charge in [-0.15, -0.1) is 0 Å². The quantitative estimate of drug-likeness (QED) is 0.746. The minimum absolute atomic E-state index is 0.0173. The number of hydrogen-bond donors (Lipinski definition) is 0. The van der Waals surface area contributed by atoms with Crippen molar-refractivity contribution >= 4 is 0 Å². The van der Waals surface area contributed by atoms with Crippen molar-refractivity contribution in [2.75, 3.05) is 0 Å². The average molecular weight is 334 g/mol. The van der Waals surface area contributed by atoms with E-state index in [0.717, 1.165) is 24.2 Å². The summed E-state index contributed by atoms with van der Waals surface area (Å²) in [4.78, 5) is 3.28. The number of ether oxygens (including phenoxy) is 1. The van der Waals surface area contributed by atoms with Crippen LogP contribution >= 0.6 is 0 Å². The van der Waals surface area contributed by atoms with Crippen molar-refractivity contribution in [3.05, 3.63) is 53.3 Å². The van der Waals surface area contributed by atoms with Gasteiger partial charge in [0.2, 0.25) is 0 Å². The SMILES string of the molecule is CCC(C)(C)c1ccc(Oc2ccnc(C(F)(F)F)c2)c(C#N)c1. The maximum absolute atomic E-state index is 12.7. The van der Waals surface area contributed by atoms with Gasteiger partial charge < -0.3 is 4.74 Å². The van der Waals surface area contributed by atoms with E-state index in [1.807, 2.05) is 19.1 Å². The molecule has 0 amide bonds. The van der Waals surface area contributed by atoms with Crippen molar-refractivity contribution < 1.29 is 17.9 Å². The number of halogens is 3. The van der Waals surface area contributed by atoms with Crippen molar-refractivity contribution in [2.24, 2.45) is 0 Å². The van der Waals surface area contributed by atoms with E-state index >= 15 is 0 Å². The van der Waals surface area contributed by atoms with E-state index in [1.54, 1.807) is 12.1 Å². The van der Waals surface area contributed by atoms with Crippen LogP contribution in [0.15, 0.2) is 36.5 Å². The van der Waals surface area contributed by atoms with Crippen molar-refractivity contribution in [1.82, 2.24) is 4.98 Å². The summed E-state index contributed by atoms with van der Waals surface area (Å²) in [6, 6.07) is 9.31. The lowest BCUT2D eigenvalue weighted by molar-refractivity contribution is -0.141. The highest BCUT2D eigenvalue weighted by Gasteiger charge is 2.32. The molecule has 0 radical (unpaired) electrons. The van der Waals surface area contributed by atoms with Gasteiger partial charge in [-0.05, 0) is 35.6 Å². The molecule has 126 valence electrons. The van der Waals surface area contributed by atoms with E-state index < -0.39 is 11.9 Å². The van der Waals surface area contributed by atoms with Crippen molar-refractivity contribution in [2.45, 2.75) is 38.8 Å². The molecule has 2 rings (SSSR count). The molecule has 24 heavy (non-hydrogen) atoms. The number of benzene rings is 1. The lowest BCUT2D eigenvalue weighted by Gasteiger charge is -2.24. The summed E-state index contributed by atoms with van der Waals surface area (Å²) in [5.74, 6) is 0.198. The van der Waals surface area contributed by atoms with Crippen LogP contribution < -0.4 is 4.74 Å². The van der Waals surface area contributed by atoms with Crippen LogP contribution in [0.5, 0.6) is 11.5 Å². The lowest BCUT2D eigenvalue weighted by Crippen LogP contribution is -2.15. The molecule has 3 nitrogen and oxygen atoms in total. The first-order valence-corrected chi connectivity index (χ1v) is 7.43. The van der Waals surface area contributed by atoms with Crippen LogP contribution in [-0.2, 0) is 11.6 Å². The van der Waals surface area contributed by atoms with Gasteiger partial charge in [0.1, 0.15) is 23.3 Å². The van der Waals surface area contributed by atoms with E-state index in [0.29, 0.717) is 0 Å². The summed E-state index contributed by atoms with van der Waals surface area (Å²) in [5.41, 5.74) is 0.103. The number of aromatic nitrogens is 1. The molecular weight excluding hydrogens is 317 g/mol.